The van der Waals surface area contributed by atoms with Crippen molar-refractivity contribution < 1.29 is 0 Å². The Hall–Kier alpha value is -0.780. The summed E-state index contributed by atoms with van der Waals surface area (Å²) < 4.78 is 0. The minimum Gasteiger partial charge on any atom is -0.103 e. The Labute approximate surface area is 138 Å². The second-order valence-corrected chi connectivity index (χ2v) is 8.08. The van der Waals surface area contributed by atoms with Crippen LogP contribution in [0, 0.1) is 29.1 Å². The highest BCUT2D eigenvalue weighted by Crippen LogP contribution is 2.56. The van der Waals surface area contributed by atoms with Crippen molar-refractivity contribution in [3.63, 3.8) is 0 Å². The van der Waals surface area contributed by atoms with Crippen LogP contribution in [-0.4, -0.2) is 0 Å². The minimum atomic E-state index is 0.467. The van der Waals surface area contributed by atoms with Crippen LogP contribution in [0.25, 0.3) is 0 Å². The van der Waals surface area contributed by atoms with Gasteiger partial charge in [0, 0.05) is 0 Å². The van der Waals surface area contributed by atoms with Crippen LogP contribution in [0.15, 0.2) is 37.0 Å². The molecule has 0 aliphatic heterocycles. The molecule has 2 aliphatic carbocycles. The zero-order valence-electron chi connectivity index (χ0n) is 15.1. The van der Waals surface area contributed by atoms with Gasteiger partial charge in [-0.15, -0.1) is 6.58 Å². The highest BCUT2D eigenvalue weighted by Gasteiger charge is 2.46. The van der Waals surface area contributed by atoms with E-state index in [-0.39, 0.29) is 0 Å². The average Bonchev–Trinajstić information content (AvgIpc) is 3.07. The van der Waals surface area contributed by atoms with E-state index in [2.05, 4.69) is 57.7 Å². The van der Waals surface area contributed by atoms with E-state index >= 15 is 0 Å². The first kappa shape index (κ1) is 17.6. The van der Waals surface area contributed by atoms with E-state index in [0.717, 1.165) is 23.7 Å². The maximum atomic E-state index is 3.85. The predicted molar refractivity (Wildman–Crippen MR) is 98.8 cm³/mol. The third kappa shape index (κ3) is 4.37. The van der Waals surface area contributed by atoms with Crippen LogP contribution in [0.4, 0.5) is 0 Å². The molecule has 0 heteroatoms. The summed E-state index contributed by atoms with van der Waals surface area (Å²) in [5.41, 5.74) is 0.467. The quantitative estimate of drug-likeness (QED) is 0.302. The van der Waals surface area contributed by atoms with Crippen molar-refractivity contribution in [1.29, 1.82) is 0 Å². The normalized spacial score (nSPS) is 32.7. The molecule has 0 heterocycles. The molecule has 0 nitrogen and oxygen atoms in total. The Bertz CT molecular complexity index is 402. The zero-order chi connectivity index (χ0) is 16.0. The summed E-state index contributed by atoms with van der Waals surface area (Å²) in [7, 11) is 0. The average molecular weight is 301 g/mol. The van der Waals surface area contributed by atoms with E-state index < -0.39 is 0 Å². The maximum Gasteiger partial charge on any atom is -0.00471 e. The van der Waals surface area contributed by atoms with Gasteiger partial charge >= 0.3 is 0 Å². The summed E-state index contributed by atoms with van der Waals surface area (Å²) in [5.74, 6) is 3.24. The van der Waals surface area contributed by atoms with Crippen molar-refractivity contribution >= 4 is 0 Å². The molecule has 5 atom stereocenters. The first-order chi connectivity index (χ1) is 10.6. The molecule has 0 amide bonds. The largest absolute Gasteiger partial charge is 0.103 e. The highest BCUT2D eigenvalue weighted by atomic mass is 14.5. The lowest BCUT2D eigenvalue weighted by molar-refractivity contribution is 0.233. The third-order valence-corrected chi connectivity index (χ3v) is 5.89. The summed E-state index contributed by atoms with van der Waals surface area (Å²) in [6, 6.07) is 0. The number of unbranched alkanes of at least 4 members (excludes halogenated alkanes) is 1. The number of fused-ring (bicyclic) bond motifs is 2. The minimum absolute atomic E-state index is 0.467. The summed E-state index contributed by atoms with van der Waals surface area (Å²) in [6.45, 7) is 11.0. The molecular weight excluding hydrogens is 264 g/mol. The number of rotatable bonds is 10. The van der Waals surface area contributed by atoms with Crippen molar-refractivity contribution in [2.45, 2.75) is 72.1 Å². The number of hydrogen-bond acceptors (Lipinski definition) is 0. The van der Waals surface area contributed by atoms with Crippen LogP contribution in [0.5, 0.6) is 0 Å². The van der Waals surface area contributed by atoms with Gasteiger partial charge in [-0.3, -0.25) is 0 Å². The van der Waals surface area contributed by atoms with E-state index in [1.807, 2.05) is 0 Å². The van der Waals surface area contributed by atoms with Crippen LogP contribution in [-0.2, 0) is 0 Å². The molecule has 0 N–H and O–H groups in total. The van der Waals surface area contributed by atoms with Gasteiger partial charge < -0.3 is 0 Å². The monoisotopic (exact) mass is 300 g/mol. The molecule has 2 aliphatic rings. The Morgan fingerprint density at radius 2 is 2.09 bits per heavy atom. The van der Waals surface area contributed by atoms with Gasteiger partial charge in [-0.2, -0.15) is 0 Å². The fraction of sp³-hybridized carbons (Fsp3) is 0.727. The predicted octanol–water partition coefficient (Wildman–Crippen LogP) is 6.94. The maximum absolute atomic E-state index is 3.85. The second kappa shape index (κ2) is 8.18. The SMILES string of the molecule is C=CCCCC(C)CC1(C=CC(C)CCC)CC2C=CC1C2. The molecule has 22 heavy (non-hydrogen) atoms. The summed E-state index contributed by atoms with van der Waals surface area (Å²) in [6.07, 6.45) is 22.9. The van der Waals surface area contributed by atoms with Gasteiger partial charge in [0.2, 0.25) is 0 Å². The van der Waals surface area contributed by atoms with Gasteiger partial charge in [-0.1, -0.05) is 64.0 Å². The Balaban J connectivity index is 2.00. The summed E-state index contributed by atoms with van der Waals surface area (Å²) in [4.78, 5) is 0. The lowest BCUT2D eigenvalue weighted by Gasteiger charge is -2.36. The second-order valence-electron chi connectivity index (χ2n) is 8.08. The molecule has 0 aromatic carbocycles. The Kier molecular flexibility index (Phi) is 6.53. The molecule has 5 unspecified atom stereocenters. The molecule has 0 aromatic rings. The molecule has 1 fully saturated rings. The fourth-order valence-electron chi connectivity index (χ4n) is 4.76. The number of hydrogen-bond donors (Lipinski definition) is 0. The van der Waals surface area contributed by atoms with Gasteiger partial charge in [-0.05, 0) is 67.6 Å². The Morgan fingerprint density at radius 3 is 2.68 bits per heavy atom. The molecule has 124 valence electrons. The van der Waals surface area contributed by atoms with Crippen LogP contribution in [0.1, 0.15) is 72.1 Å². The standard InChI is InChI=1S/C22H36/c1-5-7-8-10-19(4)16-22(14-13-18(3)9-6-2)17-20-11-12-21(22)15-20/h5,11-14,18-21H,1,6-10,15-17H2,2-4H3. The fourth-order valence-corrected chi connectivity index (χ4v) is 4.76. The lowest BCUT2D eigenvalue weighted by atomic mass is 9.69. The summed E-state index contributed by atoms with van der Waals surface area (Å²) >= 11 is 0. The molecule has 2 bridgehead atoms. The highest BCUT2D eigenvalue weighted by molar-refractivity contribution is 5.21. The van der Waals surface area contributed by atoms with Gasteiger partial charge in [0.05, 0.1) is 0 Å². The van der Waals surface area contributed by atoms with Gasteiger partial charge in [-0.25, -0.2) is 0 Å². The smallest absolute Gasteiger partial charge is 0.00471 e. The molecule has 0 saturated heterocycles. The molecule has 0 aromatic heterocycles. The van der Waals surface area contributed by atoms with Crippen molar-refractivity contribution in [1.82, 2.24) is 0 Å². The first-order valence-corrected chi connectivity index (χ1v) is 9.58. The van der Waals surface area contributed by atoms with Crippen LogP contribution in [0.2, 0.25) is 0 Å². The van der Waals surface area contributed by atoms with Crippen molar-refractivity contribution in [3.8, 4) is 0 Å². The van der Waals surface area contributed by atoms with Gasteiger partial charge in [0.15, 0.2) is 0 Å². The van der Waals surface area contributed by atoms with Crippen molar-refractivity contribution in [2.75, 3.05) is 0 Å². The lowest BCUT2D eigenvalue weighted by Crippen LogP contribution is -2.26. The molecule has 0 spiro atoms. The van der Waals surface area contributed by atoms with Crippen LogP contribution < -0.4 is 0 Å². The van der Waals surface area contributed by atoms with Crippen LogP contribution >= 0.6 is 0 Å². The molecular formula is C22H36. The molecule has 2 rings (SSSR count). The van der Waals surface area contributed by atoms with E-state index in [1.165, 1.54) is 51.4 Å². The van der Waals surface area contributed by atoms with Crippen molar-refractivity contribution in [3.05, 3.63) is 37.0 Å². The first-order valence-electron chi connectivity index (χ1n) is 9.58. The Morgan fingerprint density at radius 1 is 1.27 bits per heavy atom. The van der Waals surface area contributed by atoms with E-state index in [4.69, 9.17) is 0 Å². The zero-order valence-corrected chi connectivity index (χ0v) is 15.1. The van der Waals surface area contributed by atoms with Gasteiger partial charge in [0.25, 0.3) is 0 Å². The molecule has 0 radical (unpaired) electrons. The molecule has 1 saturated carbocycles. The third-order valence-electron chi connectivity index (χ3n) is 5.89. The topological polar surface area (TPSA) is 0 Å². The number of allylic oxidation sites excluding steroid dienone is 5. The van der Waals surface area contributed by atoms with Crippen molar-refractivity contribution in [2.24, 2.45) is 29.1 Å². The van der Waals surface area contributed by atoms with Crippen LogP contribution in [0.3, 0.4) is 0 Å². The summed E-state index contributed by atoms with van der Waals surface area (Å²) in [5, 5.41) is 0. The van der Waals surface area contributed by atoms with Gasteiger partial charge in [0.1, 0.15) is 0 Å². The van der Waals surface area contributed by atoms with E-state index in [1.54, 1.807) is 0 Å². The van der Waals surface area contributed by atoms with E-state index in [0.29, 0.717) is 5.41 Å². The van der Waals surface area contributed by atoms with E-state index in [9.17, 15) is 0 Å².